The highest BCUT2D eigenvalue weighted by Gasteiger charge is 2.35. The fourth-order valence-electron chi connectivity index (χ4n) is 3.64. The molecule has 6 nitrogen and oxygen atoms in total. The maximum atomic E-state index is 12.5. The van der Waals surface area contributed by atoms with Crippen molar-refractivity contribution in [3.8, 4) is 5.75 Å². The molecule has 3 unspecified atom stereocenters. The quantitative estimate of drug-likeness (QED) is 0.811. The average Bonchev–Trinajstić information content (AvgIpc) is 3.29. The molecule has 0 aliphatic carbocycles. The summed E-state index contributed by atoms with van der Waals surface area (Å²) in [5.41, 5.74) is 0.803. The summed E-state index contributed by atoms with van der Waals surface area (Å²) in [5, 5.41) is 3.06. The number of ether oxygens (including phenoxy) is 2. The number of hydrogen-bond donors (Lipinski definition) is 1. The molecule has 0 aromatic heterocycles. The van der Waals surface area contributed by atoms with Gasteiger partial charge in [-0.1, -0.05) is 0 Å². The van der Waals surface area contributed by atoms with Crippen LogP contribution in [0.5, 0.6) is 5.75 Å². The lowest BCUT2D eigenvalue weighted by Crippen LogP contribution is -2.38. The molecule has 0 radical (unpaired) electrons. The number of nitrogens with one attached hydrogen (secondary N) is 1. The van der Waals surface area contributed by atoms with Crippen molar-refractivity contribution in [3.63, 3.8) is 0 Å². The molecule has 0 bridgehead atoms. The van der Waals surface area contributed by atoms with Crippen molar-refractivity contribution in [2.45, 2.75) is 51.2 Å². The van der Waals surface area contributed by atoms with Crippen LogP contribution in [-0.4, -0.2) is 44.2 Å². The Bertz CT molecular complexity index is 625. The summed E-state index contributed by atoms with van der Waals surface area (Å²) in [6.07, 6.45) is 4.73. The second-order valence-electron chi connectivity index (χ2n) is 7.23. The Labute approximate surface area is 154 Å². The zero-order chi connectivity index (χ0) is 18.5. The first-order chi connectivity index (χ1) is 12.6. The minimum absolute atomic E-state index is 0.0117. The van der Waals surface area contributed by atoms with Gasteiger partial charge in [0.05, 0.1) is 19.1 Å². The standard InChI is InChI=1S/C20H28N2O4/c1-14(5-8-18-4-3-11-26-18)21-20(24)15-12-19(23)22(13-15)16-6-9-17(25-2)10-7-16/h6-7,9-10,14-15,18H,3-5,8,11-13H2,1-2H3,(H,21,24). The normalized spacial score (nSPS) is 23.9. The molecule has 2 aliphatic heterocycles. The molecule has 142 valence electrons. The van der Waals surface area contributed by atoms with E-state index in [0.717, 1.165) is 43.7 Å². The molecule has 1 aromatic carbocycles. The number of carbonyl (C=O) groups is 2. The lowest BCUT2D eigenvalue weighted by Gasteiger charge is -2.19. The second kappa shape index (κ2) is 8.54. The third-order valence-corrected chi connectivity index (χ3v) is 5.21. The largest absolute Gasteiger partial charge is 0.497 e. The summed E-state index contributed by atoms with van der Waals surface area (Å²) in [4.78, 5) is 26.5. The number of carbonyl (C=O) groups excluding carboxylic acids is 2. The smallest absolute Gasteiger partial charge is 0.227 e. The third kappa shape index (κ3) is 4.55. The van der Waals surface area contributed by atoms with Crippen LogP contribution >= 0.6 is 0 Å². The van der Waals surface area contributed by atoms with Crippen molar-refractivity contribution >= 4 is 17.5 Å². The summed E-state index contributed by atoms with van der Waals surface area (Å²) in [6.45, 7) is 3.30. The van der Waals surface area contributed by atoms with Crippen LogP contribution in [0, 0.1) is 5.92 Å². The van der Waals surface area contributed by atoms with Crippen molar-refractivity contribution in [2.75, 3.05) is 25.2 Å². The van der Waals surface area contributed by atoms with E-state index in [1.807, 2.05) is 31.2 Å². The van der Waals surface area contributed by atoms with Crippen molar-refractivity contribution < 1.29 is 19.1 Å². The first-order valence-electron chi connectivity index (χ1n) is 9.43. The molecule has 2 fully saturated rings. The number of benzene rings is 1. The van der Waals surface area contributed by atoms with Crippen LogP contribution in [0.3, 0.4) is 0 Å². The highest BCUT2D eigenvalue weighted by molar-refractivity contribution is 6.00. The van der Waals surface area contributed by atoms with E-state index >= 15 is 0 Å². The molecule has 0 spiro atoms. The molecular formula is C20H28N2O4. The Morgan fingerprint density at radius 3 is 2.81 bits per heavy atom. The van der Waals surface area contributed by atoms with Crippen LogP contribution in [-0.2, 0) is 14.3 Å². The molecule has 3 atom stereocenters. The summed E-state index contributed by atoms with van der Waals surface area (Å²) in [7, 11) is 1.61. The Morgan fingerprint density at radius 2 is 2.15 bits per heavy atom. The molecular weight excluding hydrogens is 332 g/mol. The Hall–Kier alpha value is -2.08. The zero-order valence-electron chi connectivity index (χ0n) is 15.6. The van der Waals surface area contributed by atoms with Gasteiger partial charge in [0.2, 0.25) is 11.8 Å². The van der Waals surface area contributed by atoms with E-state index in [9.17, 15) is 9.59 Å². The molecule has 2 heterocycles. The fraction of sp³-hybridized carbons (Fsp3) is 0.600. The third-order valence-electron chi connectivity index (χ3n) is 5.21. The van der Waals surface area contributed by atoms with Crippen LogP contribution in [0.4, 0.5) is 5.69 Å². The maximum absolute atomic E-state index is 12.5. The van der Waals surface area contributed by atoms with Crippen LogP contribution in [0.1, 0.15) is 39.0 Å². The molecule has 1 aromatic rings. The number of amides is 2. The highest BCUT2D eigenvalue weighted by atomic mass is 16.5. The van der Waals surface area contributed by atoms with Crippen LogP contribution in [0.25, 0.3) is 0 Å². The summed E-state index contributed by atoms with van der Waals surface area (Å²) in [6, 6.07) is 7.44. The first-order valence-corrected chi connectivity index (χ1v) is 9.43. The van der Waals surface area contributed by atoms with Gasteiger partial charge in [-0.3, -0.25) is 9.59 Å². The molecule has 2 aliphatic rings. The van der Waals surface area contributed by atoms with Gasteiger partial charge >= 0.3 is 0 Å². The van der Waals surface area contributed by atoms with Crippen LogP contribution in [0.2, 0.25) is 0 Å². The molecule has 3 rings (SSSR count). The molecule has 1 N–H and O–H groups in total. The molecule has 26 heavy (non-hydrogen) atoms. The van der Waals surface area contributed by atoms with Crippen molar-refractivity contribution in [3.05, 3.63) is 24.3 Å². The van der Waals surface area contributed by atoms with Gasteiger partial charge < -0.3 is 19.7 Å². The van der Waals surface area contributed by atoms with Crippen molar-refractivity contribution in [1.29, 1.82) is 0 Å². The summed E-state index contributed by atoms with van der Waals surface area (Å²) in [5.74, 6) is 0.404. The van der Waals surface area contributed by atoms with Gasteiger partial charge in [-0.25, -0.2) is 0 Å². The van der Waals surface area contributed by atoms with E-state index in [1.165, 1.54) is 0 Å². The zero-order valence-corrected chi connectivity index (χ0v) is 15.6. The minimum Gasteiger partial charge on any atom is -0.497 e. The lowest BCUT2D eigenvalue weighted by molar-refractivity contribution is -0.126. The van der Waals surface area contributed by atoms with E-state index < -0.39 is 0 Å². The number of hydrogen-bond acceptors (Lipinski definition) is 4. The summed E-state index contributed by atoms with van der Waals surface area (Å²) < 4.78 is 10.8. The van der Waals surface area contributed by atoms with Crippen LogP contribution < -0.4 is 15.0 Å². The average molecular weight is 360 g/mol. The minimum atomic E-state index is -0.296. The molecule has 2 saturated heterocycles. The van der Waals surface area contributed by atoms with Gasteiger partial charge in [0.25, 0.3) is 0 Å². The van der Waals surface area contributed by atoms with E-state index in [-0.39, 0.29) is 30.2 Å². The Kier molecular flexibility index (Phi) is 6.14. The molecule has 0 saturated carbocycles. The Balaban J connectivity index is 1.49. The van der Waals surface area contributed by atoms with Gasteiger partial charge in [0.1, 0.15) is 5.75 Å². The number of rotatable bonds is 7. The van der Waals surface area contributed by atoms with Gasteiger partial charge in [0.15, 0.2) is 0 Å². The SMILES string of the molecule is COc1ccc(N2CC(C(=O)NC(C)CCC3CCCO3)CC2=O)cc1. The number of nitrogens with zero attached hydrogens (tertiary/aromatic N) is 1. The van der Waals surface area contributed by atoms with Gasteiger partial charge in [-0.2, -0.15) is 0 Å². The summed E-state index contributed by atoms with van der Waals surface area (Å²) >= 11 is 0. The van der Waals surface area contributed by atoms with Gasteiger partial charge in [-0.15, -0.1) is 0 Å². The second-order valence-corrected chi connectivity index (χ2v) is 7.23. The first kappa shape index (κ1) is 18.7. The fourth-order valence-corrected chi connectivity index (χ4v) is 3.64. The van der Waals surface area contributed by atoms with Crippen molar-refractivity contribution in [1.82, 2.24) is 5.32 Å². The van der Waals surface area contributed by atoms with E-state index in [2.05, 4.69) is 5.32 Å². The predicted molar refractivity (Wildman–Crippen MR) is 99.3 cm³/mol. The predicted octanol–water partition coefficient (Wildman–Crippen LogP) is 2.51. The Morgan fingerprint density at radius 1 is 1.38 bits per heavy atom. The van der Waals surface area contributed by atoms with E-state index in [4.69, 9.17) is 9.47 Å². The number of anilines is 1. The van der Waals surface area contributed by atoms with Gasteiger partial charge in [0, 0.05) is 31.3 Å². The van der Waals surface area contributed by atoms with E-state index in [0.29, 0.717) is 12.6 Å². The van der Waals surface area contributed by atoms with E-state index in [1.54, 1.807) is 12.0 Å². The molecule has 2 amide bonds. The van der Waals surface area contributed by atoms with Crippen LogP contribution in [0.15, 0.2) is 24.3 Å². The maximum Gasteiger partial charge on any atom is 0.227 e. The van der Waals surface area contributed by atoms with Gasteiger partial charge in [-0.05, 0) is 56.9 Å². The van der Waals surface area contributed by atoms with Crippen molar-refractivity contribution in [2.24, 2.45) is 5.92 Å². The monoisotopic (exact) mass is 360 g/mol. The topological polar surface area (TPSA) is 67.9 Å². The lowest BCUT2D eigenvalue weighted by atomic mass is 10.0. The number of methoxy groups -OCH3 is 1. The molecule has 6 heteroatoms. The highest BCUT2D eigenvalue weighted by Crippen LogP contribution is 2.27.